The summed E-state index contributed by atoms with van der Waals surface area (Å²) in [6.07, 6.45) is -0.336. The summed E-state index contributed by atoms with van der Waals surface area (Å²) in [7, 11) is 0. The Morgan fingerprint density at radius 1 is 1.19 bits per heavy atom. The fourth-order valence-electron chi connectivity index (χ4n) is 3.57. The molecule has 118 valence electrons. The van der Waals surface area contributed by atoms with Crippen LogP contribution in [-0.4, -0.2) is 17.1 Å². The lowest BCUT2D eigenvalue weighted by atomic mass is 9.79. The van der Waals surface area contributed by atoms with Crippen LogP contribution >= 0.6 is 0 Å². The Kier molecular flexibility index (Phi) is 4.69. The summed E-state index contributed by atoms with van der Waals surface area (Å²) >= 11 is 0. The molecule has 4 heteroatoms. The molecular weight excluding hydrogens is 270 g/mol. The van der Waals surface area contributed by atoms with Crippen LogP contribution in [0.2, 0.25) is 0 Å². The lowest BCUT2D eigenvalue weighted by Gasteiger charge is -2.46. The Bertz CT molecular complexity index is 467. The molecule has 1 aromatic carbocycles. The molecule has 2 rings (SSSR count). The van der Waals surface area contributed by atoms with Crippen LogP contribution in [0.4, 0.5) is 8.78 Å². The van der Waals surface area contributed by atoms with Crippen molar-refractivity contribution in [2.24, 2.45) is 0 Å². The molecular formula is C17H26F2N2. The number of halogens is 2. The van der Waals surface area contributed by atoms with Gasteiger partial charge in [0.15, 0.2) is 0 Å². The third-order valence-electron chi connectivity index (χ3n) is 3.99. The van der Waals surface area contributed by atoms with Crippen molar-refractivity contribution >= 4 is 0 Å². The van der Waals surface area contributed by atoms with E-state index in [4.69, 9.17) is 0 Å². The predicted molar refractivity (Wildman–Crippen MR) is 82.6 cm³/mol. The van der Waals surface area contributed by atoms with Crippen LogP contribution in [0.25, 0.3) is 0 Å². The van der Waals surface area contributed by atoms with Crippen LogP contribution in [0.3, 0.4) is 0 Å². The molecule has 0 aliphatic carbocycles. The highest BCUT2D eigenvalue weighted by molar-refractivity contribution is 5.24. The Labute approximate surface area is 126 Å². The first-order valence-electron chi connectivity index (χ1n) is 7.57. The second-order valence-electron chi connectivity index (χ2n) is 7.42. The van der Waals surface area contributed by atoms with Gasteiger partial charge in [-0.1, -0.05) is 18.2 Å². The molecule has 1 aliphatic rings. The van der Waals surface area contributed by atoms with Gasteiger partial charge in [0.05, 0.1) is 0 Å². The number of hydrogen-bond acceptors (Lipinski definition) is 2. The second kappa shape index (κ2) is 6.01. The number of nitrogens with one attached hydrogen (secondary N) is 2. The van der Waals surface area contributed by atoms with Gasteiger partial charge in [-0.3, -0.25) is 0 Å². The van der Waals surface area contributed by atoms with Crippen molar-refractivity contribution in [3.05, 3.63) is 35.4 Å². The van der Waals surface area contributed by atoms with E-state index in [0.29, 0.717) is 12.6 Å². The monoisotopic (exact) mass is 296 g/mol. The molecule has 0 bridgehead atoms. The van der Waals surface area contributed by atoms with Crippen molar-refractivity contribution in [2.45, 2.75) is 70.6 Å². The largest absolute Gasteiger partial charge is 0.310 e. The number of hydrogen-bond donors (Lipinski definition) is 2. The molecule has 21 heavy (non-hydrogen) atoms. The molecule has 2 nitrogen and oxygen atoms in total. The first-order chi connectivity index (χ1) is 9.67. The molecule has 2 N–H and O–H groups in total. The van der Waals surface area contributed by atoms with Crippen LogP contribution in [0.1, 0.15) is 58.1 Å². The molecule has 0 spiro atoms. The summed E-state index contributed by atoms with van der Waals surface area (Å²) in [6.45, 7) is 9.47. The van der Waals surface area contributed by atoms with Gasteiger partial charge in [0.25, 0.3) is 6.43 Å². The average Bonchev–Trinajstić information content (AvgIpc) is 2.33. The first-order valence-corrected chi connectivity index (χ1v) is 7.57. The fourth-order valence-corrected chi connectivity index (χ4v) is 3.57. The van der Waals surface area contributed by atoms with Gasteiger partial charge in [0, 0.05) is 29.2 Å². The van der Waals surface area contributed by atoms with E-state index in [9.17, 15) is 8.78 Å². The van der Waals surface area contributed by atoms with E-state index in [1.54, 1.807) is 12.1 Å². The van der Waals surface area contributed by atoms with Crippen molar-refractivity contribution < 1.29 is 8.78 Å². The van der Waals surface area contributed by atoms with Crippen molar-refractivity contribution in [3.8, 4) is 0 Å². The van der Waals surface area contributed by atoms with Gasteiger partial charge in [-0.25, -0.2) is 8.78 Å². The van der Waals surface area contributed by atoms with Crippen LogP contribution in [0.5, 0.6) is 0 Å². The first kappa shape index (κ1) is 16.4. The average molecular weight is 296 g/mol. The Morgan fingerprint density at radius 3 is 2.38 bits per heavy atom. The van der Waals surface area contributed by atoms with Crippen LogP contribution in [-0.2, 0) is 6.54 Å². The summed E-state index contributed by atoms with van der Waals surface area (Å²) in [4.78, 5) is 0. The van der Waals surface area contributed by atoms with Crippen LogP contribution < -0.4 is 10.6 Å². The highest BCUT2D eigenvalue weighted by Gasteiger charge is 2.37. The summed E-state index contributed by atoms with van der Waals surface area (Å²) < 4.78 is 25.4. The minimum atomic E-state index is -2.40. The molecule has 1 saturated heterocycles. The van der Waals surface area contributed by atoms with E-state index in [2.05, 4.69) is 38.3 Å². The SMILES string of the molecule is CC1(C)CC(NCc2cccc(C(F)F)c2)CC(C)(C)N1. The molecule has 0 aromatic heterocycles. The van der Waals surface area contributed by atoms with E-state index in [1.807, 2.05) is 6.07 Å². The second-order valence-corrected chi connectivity index (χ2v) is 7.42. The molecule has 0 unspecified atom stereocenters. The number of alkyl halides is 2. The van der Waals surface area contributed by atoms with Gasteiger partial charge in [0.1, 0.15) is 0 Å². The summed E-state index contributed by atoms with van der Waals surface area (Å²) in [5, 5.41) is 7.18. The molecule has 0 radical (unpaired) electrons. The van der Waals surface area contributed by atoms with Crippen molar-refractivity contribution in [2.75, 3.05) is 0 Å². The van der Waals surface area contributed by atoms with Crippen LogP contribution in [0, 0.1) is 0 Å². The van der Waals surface area contributed by atoms with E-state index in [-0.39, 0.29) is 16.6 Å². The third-order valence-corrected chi connectivity index (χ3v) is 3.99. The van der Waals surface area contributed by atoms with E-state index < -0.39 is 6.43 Å². The highest BCUT2D eigenvalue weighted by atomic mass is 19.3. The van der Waals surface area contributed by atoms with Gasteiger partial charge in [-0.2, -0.15) is 0 Å². The minimum absolute atomic E-state index is 0.0875. The summed E-state index contributed by atoms with van der Waals surface area (Å²) in [6, 6.07) is 7.07. The van der Waals surface area contributed by atoms with Gasteiger partial charge in [-0.05, 0) is 52.2 Å². The van der Waals surface area contributed by atoms with Gasteiger partial charge >= 0.3 is 0 Å². The lowest BCUT2D eigenvalue weighted by molar-refractivity contribution is 0.145. The van der Waals surface area contributed by atoms with Gasteiger partial charge < -0.3 is 10.6 Å². The number of rotatable bonds is 4. The van der Waals surface area contributed by atoms with E-state index in [1.165, 1.54) is 6.07 Å². The zero-order valence-corrected chi connectivity index (χ0v) is 13.3. The normalized spacial score (nSPS) is 21.7. The maximum absolute atomic E-state index is 12.7. The quantitative estimate of drug-likeness (QED) is 0.877. The zero-order chi connectivity index (χ0) is 15.7. The lowest BCUT2D eigenvalue weighted by Crippen LogP contribution is -2.61. The van der Waals surface area contributed by atoms with E-state index >= 15 is 0 Å². The Balaban J connectivity index is 1.98. The highest BCUT2D eigenvalue weighted by Crippen LogP contribution is 2.28. The van der Waals surface area contributed by atoms with Crippen molar-refractivity contribution in [1.82, 2.24) is 10.6 Å². The summed E-state index contributed by atoms with van der Waals surface area (Å²) in [5.41, 5.74) is 1.19. The fraction of sp³-hybridized carbons (Fsp3) is 0.647. The third kappa shape index (κ3) is 4.75. The molecule has 1 fully saturated rings. The minimum Gasteiger partial charge on any atom is -0.310 e. The smallest absolute Gasteiger partial charge is 0.263 e. The van der Waals surface area contributed by atoms with Crippen LogP contribution in [0.15, 0.2) is 24.3 Å². The van der Waals surface area contributed by atoms with Gasteiger partial charge in [-0.15, -0.1) is 0 Å². The molecule has 1 aliphatic heterocycles. The Hall–Kier alpha value is -1.00. The molecule has 0 amide bonds. The molecule has 1 heterocycles. The molecule has 0 saturated carbocycles. The molecule has 0 atom stereocenters. The summed E-state index contributed by atoms with van der Waals surface area (Å²) in [5.74, 6) is 0. The maximum atomic E-state index is 12.7. The Morgan fingerprint density at radius 2 is 1.81 bits per heavy atom. The van der Waals surface area contributed by atoms with Crippen molar-refractivity contribution in [3.63, 3.8) is 0 Å². The van der Waals surface area contributed by atoms with Gasteiger partial charge in [0.2, 0.25) is 0 Å². The van der Waals surface area contributed by atoms with Crippen molar-refractivity contribution in [1.29, 1.82) is 0 Å². The zero-order valence-electron chi connectivity index (χ0n) is 13.3. The van der Waals surface area contributed by atoms with E-state index in [0.717, 1.165) is 18.4 Å². The standard InChI is InChI=1S/C17H26F2N2/c1-16(2)9-14(10-17(3,4)21-16)20-11-12-6-5-7-13(8-12)15(18)19/h5-8,14-15,20-21H,9-11H2,1-4H3. The molecule has 1 aromatic rings. The number of piperidine rings is 1. The predicted octanol–water partition coefficient (Wildman–Crippen LogP) is 4.02. The maximum Gasteiger partial charge on any atom is 0.263 e. The number of benzene rings is 1. The topological polar surface area (TPSA) is 24.1 Å².